The lowest BCUT2D eigenvalue weighted by Crippen LogP contribution is -2.36. The lowest BCUT2D eigenvalue weighted by molar-refractivity contribution is -0.122. The Balaban J connectivity index is 1.25. The van der Waals surface area contributed by atoms with Crippen molar-refractivity contribution in [2.24, 2.45) is 10.9 Å². The van der Waals surface area contributed by atoms with Crippen molar-refractivity contribution in [1.29, 1.82) is 0 Å². The van der Waals surface area contributed by atoms with Gasteiger partial charge in [0.1, 0.15) is 0 Å². The van der Waals surface area contributed by atoms with Crippen LogP contribution in [0.1, 0.15) is 43.2 Å². The zero-order valence-corrected chi connectivity index (χ0v) is 18.6. The molecule has 0 aromatic heterocycles. The van der Waals surface area contributed by atoms with Crippen molar-refractivity contribution < 1.29 is 9.59 Å². The van der Waals surface area contributed by atoms with E-state index in [0.717, 1.165) is 54.7 Å². The lowest BCUT2D eigenvalue weighted by atomic mass is 9.85. The molecule has 2 aromatic rings. The molecule has 0 radical (unpaired) electrons. The monoisotopic (exact) mass is 433 g/mol. The van der Waals surface area contributed by atoms with E-state index in [1.807, 2.05) is 53.4 Å². The maximum atomic E-state index is 12.2. The molecular formula is C25H31N5O2. The van der Waals surface area contributed by atoms with Crippen molar-refractivity contribution in [1.82, 2.24) is 10.6 Å². The van der Waals surface area contributed by atoms with E-state index in [1.54, 1.807) is 7.05 Å². The molecule has 0 spiro atoms. The third kappa shape index (κ3) is 5.46. The fourth-order valence-corrected chi connectivity index (χ4v) is 3.98. The fourth-order valence-electron chi connectivity index (χ4n) is 3.98. The molecular weight excluding hydrogens is 402 g/mol. The van der Waals surface area contributed by atoms with Gasteiger partial charge in [-0.15, -0.1) is 0 Å². The number of nitrogens with one attached hydrogen (secondary N) is 3. The van der Waals surface area contributed by atoms with Crippen molar-refractivity contribution in [2.45, 2.75) is 45.2 Å². The summed E-state index contributed by atoms with van der Waals surface area (Å²) >= 11 is 0. The summed E-state index contributed by atoms with van der Waals surface area (Å²) in [6.07, 6.45) is 4.71. The molecule has 0 atom stereocenters. The Kier molecular flexibility index (Phi) is 7.04. The minimum atomic E-state index is 0.124. The molecule has 2 aromatic carbocycles. The number of nitrogens with zero attached hydrogens (tertiary/aromatic N) is 2. The third-order valence-corrected chi connectivity index (χ3v) is 6.14. The summed E-state index contributed by atoms with van der Waals surface area (Å²) in [6, 6.07) is 16.0. The first-order valence-electron chi connectivity index (χ1n) is 11.4. The highest BCUT2D eigenvalue weighted by molar-refractivity contribution is 5.95. The summed E-state index contributed by atoms with van der Waals surface area (Å²) in [6.45, 7) is 2.03. The maximum Gasteiger partial charge on any atom is 0.227 e. The summed E-state index contributed by atoms with van der Waals surface area (Å²) in [5, 5.41) is 9.66. The first-order valence-corrected chi connectivity index (χ1v) is 11.4. The smallest absolute Gasteiger partial charge is 0.227 e. The molecule has 1 saturated heterocycles. The summed E-state index contributed by atoms with van der Waals surface area (Å²) in [5.41, 5.74) is 3.98. The SMILES string of the molecule is CN=C(NCc1ccc(N2CCCC2=O)cc1)NCc1cccc(NC(=O)C2CCC2)c1. The van der Waals surface area contributed by atoms with Crippen LogP contribution in [0.2, 0.25) is 0 Å². The van der Waals surface area contributed by atoms with Gasteiger partial charge in [-0.25, -0.2) is 0 Å². The van der Waals surface area contributed by atoms with Gasteiger partial charge in [0, 0.05) is 50.4 Å². The average Bonchev–Trinajstić information content (AvgIpc) is 3.19. The molecule has 7 heteroatoms. The van der Waals surface area contributed by atoms with Crippen LogP contribution < -0.4 is 20.9 Å². The Bertz CT molecular complexity index is 982. The van der Waals surface area contributed by atoms with Gasteiger partial charge in [0.15, 0.2) is 5.96 Å². The van der Waals surface area contributed by atoms with E-state index in [9.17, 15) is 9.59 Å². The second kappa shape index (κ2) is 10.3. The second-order valence-corrected chi connectivity index (χ2v) is 8.41. The van der Waals surface area contributed by atoms with Gasteiger partial charge in [-0.1, -0.05) is 30.7 Å². The van der Waals surface area contributed by atoms with Crippen molar-refractivity contribution in [2.75, 3.05) is 23.8 Å². The van der Waals surface area contributed by atoms with E-state index in [1.165, 1.54) is 0 Å². The Labute approximate surface area is 189 Å². The standard InChI is InChI=1S/C25H31N5O2/c1-26-25(27-16-18-10-12-22(13-11-18)30-14-4-9-23(30)31)28-17-19-5-2-8-21(15-19)29-24(32)20-6-3-7-20/h2,5,8,10-13,15,20H,3-4,6-7,9,14,16-17H2,1H3,(H,29,32)(H2,26,27,28). The lowest BCUT2D eigenvalue weighted by Gasteiger charge is -2.24. The van der Waals surface area contributed by atoms with Gasteiger partial charge < -0.3 is 20.9 Å². The zero-order valence-electron chi connectivity index (χ0n) is 18.6. The van der Waals surface area contributed by atoms with Gasteiger partial charge >= 0.3 is 0 Å². The van der Waals surface area contributed by atoms with Crippen LogP contribution in [0.25, 0.3) is 0 Å². The van der Waals surface area contributed by atoms with Crippen LogP contribution in [-0.2, 0) is 22.7 Å². The average molecular weight is 434 g/mol. The highest BCUT2D eigenvalue weighted by Crippen LogP contribution is 2.27. The molecule has 1 heterocycles. The predicted octanol–water partition coefficient (Wildman–Crippen LogP) is 3.42. The molecule has 7 nitrogen and oxygen atoms in total. The van der Waals surface area contributed by atoms with Gasteiger partial charge in [-0.2, -0.15) is 0 Å². The van der Waals surface area contributed by atoms with Gasteiger partial charge in [0.25, 0.3) is 0 Å². The van der Waals surface area contributed by atoms with Crippen molar-refractivity contribution in [3.8, 4) is 0 Å². The Morgan fingerprint density at radius 2 is 1.78 bits per heavy atom. The Morgan fingerprint density at radius 1 is 1.03 bits per heavy atom. The van der Waals surface area contributed by atoms with E-state index in [-0.39, 0.29) is 17.7 Å². The van der Waals surface area contributed by atoms with Gasteiger partial charge in [-0.3, -0.25) is 14.6 Å². The number of benzene rings is 2. The highest BCUT2D eigenvalue weighted by Gasteiger charge is 2.25. The first-order chi connectivity index (χ1) is 15.6. The first kappa shape index (κ1) is 21.9. The van der Waals surface area contributed by atoms with E-state index >= 15 is 0 Å². The molecule has 2 aliphatic rings. The summed E-state index contributed by atoms with van der Waals surface area (Å²) < 4.78 is 0. The van der Waals surface area contributed by atoms with Gasteiger partial charge in [0.05, 0.1) is 0 Å². The number of guanidine groups is 1. The molecule has 0 unspecified atom stereocenters. The van der Waals surface area contributed by atoms with Crippen LogP contribution in [0.15, 0.2) is 53.5 Å². The van der Waals surface area contributed by atoms with Gasteiger partial charge in [0.2, 0.25) is 11.8 Å². The van der Waals surface area contributed by atoms with Crippen LogP contribution >= 0.6 is 0 Å². The van der Waals surface area contributed by atoms with Gasteiger partial charge in [-0.05, 0) is 54.7 Å². The van der Waals surface area contributed by atoms with Crippen LogP contribution in [0.4, 0.5) is 11.4 Å². The fraction of sp³-hybridized carbons (Fsp3) is 0.400. The summed E-state index contributed by atoms with van der Waals surface area (Å²) in [5.74, 6) is 1.20. The Hall–Kier alpha value is -3.35. The minimum absolute atomic E-state index is 0.124. The molecule has 2 fully saturated rings. The molecule has 4 rings (SSSR count). The zero-order chi connectivity index (χ0) is 22.3. The number of amides is 2. The highest BCUT2D eigenvalue weighted by atomic mass is 16.2. The Morgan fingerprint density at radius 3 is 2.41 bits per heavy atom. The molecule has 32 heavy (non-hydrogen) atoms. The topological polar surface area (TPSA) is 85.8 Å². The molecule has 2 amide bonds. The van der Waals surface area contributed by atoms with Crippen molar-refractivity contribution >= 4 is 29.1 Å². The predicted molar refractivity (Wildman–Crippen MR) is 127 cm³/mol. The number of hydrogen-bond acceptors (Lipinski definition) is 3. The molecule has 1 saturated carbocycles. The number of carbonyl (C=O) groups is 2. The second-order valence-electron chi connectivity index (χ2n) is 8.41. The quantitative estimate of drug-likeness (QED) is 0.461. The number of carbonyl (C=O) groups excluding carboxylic acids is 2. The number of rotatable bonds is 7. The normalized spacial score (nSPS) is 16.6. The van der Waals surface area contributed by atoms with Crippen molar-refractivity contribution in [3.63, 3.8) is 0 Å². The van der Waals surface area contributed by atoms with Crippen LogP contribution in [0.5, 0.6) is 0 Å². The minimum Gasteiger partial charge on any atom is -0.352 e. The van der Waals surface area contributed by atoms with E-state index < -0.39 is 0 Å². The molecule has 0 bridgehead atoms. The molecule has 168 valence electrons. The summed E-state index contributed by atoms with van der Waals surface area (Å²) in [4.78, 5) is 30.2. The molecule has 3 N–H and O–H groups in total. The molecule has 1 aliphatic heterocycles. The largest absolute Gasteiger partial charge is 0.352 e. The maximum absolute atomic E-state index is 12.2. The number of aliphatic imine (C=N–C) groups is 1. The van der Waals surface area contributed by atoms with E-state index in [0.29, 0.717) is 25.5 Å². The third-order valence-electron chi connectivity index (χ3n) is 6.14. The van der Waals surface area contributed by atoms with Crippen molar-refractivity contribution in [3.05, 3.63) is 59.7 Å². The molecule has 1 aliphatic carbocycles. The number of anilines is 2. The summed E-state index contributed by atoms with van der Waals surface area (Å²) in [7, 11) is 1.74. The van der Waals surface area contributed by atoms with E-state index in [4.69, 9.17) is 0 Å². The van der Waals surface area contributed by atoms with Crippen LogP contribution in [-0.4, -0.2) is 31.4 Å². The number of hydrogen-bond donors (Lipinski definition) is 3. The van der Waals surface area contributed by atoms with E-state index in [2.05, 4.69) is 20.9 Å². The van der Waals surface area contributed by atoms with Crippen LogP contribution in [0, 0.1) is 5.92 Å². The van der Waals surface area contributed by atoms with Crippen LogP contribution in [0.3, 0.4) is 0 Å².